The highest BCUT2D eigenvalue weighted by atomic mass is 16.4. The molecule has 1 aromatic rings. The Kier molecular flexibility index (Phi) is 4.28. The van der Waals surface area contributed by atoms with Crippen LogP contribution in [0.3, 0.4) is 0 Å². The number of carboxylic acid groups (broad SMARTS) is 1. The van der Waals surface area contributed by atoms with Crippen molar-refractivity contribution in [3.63, 3.8) is 0 Å². The molecule has 122 valence electrons. The van der Waals surface area contributed by atoms with Crippen molar-refractivity contribution in [1.29, 1.82) is 0 Å². The summed E-state index contributed by atoms with van der Waals surface area (Å²) < 4.78 is 0. The van der Waals surface area contributed by atoms with Crippen LogP contribution in [0.5, 0.6) is 0 Å². The molecule has 1 aliphatic rings. The van der Waals surface area contributed by atoms with Crippen molar-refractivity contribution >= 4 is 11.8 Å². The van der Waals surface area contributed by atoms with E-state index in [1.165, 1.54) is 0 Å². The molecule has 0 radical (unpaired) electrons. The minimum absolute atomic E-state index is 0.376. The second-order valence-electron chi connectivity index (χ2n) is 6.73. The smallest absolute Gasteiger partial charge is 0.316 e. The zero-order valence-electron chi connectivity index (χ0n) is 13.5. The van der Waals surface area contributed by atoms with Crippen molar-refractivity contribution in [2.24, 2.45) is 16.7 Å². The van der Waals surface area contributed by atoms with Gasteiger partial charge in [-0.15, -0.1) is 0 Å². The Hall–Kier alpha value is -2.24. The lowest BCUT2D eigenvalue weighted by molar-refractivity contribution is -0.156. The van der Waals surface area contributed by atoms with Crippen molar-refractivity contribution < 1.29 is 14.7 Å². The summed E-state index contributed by atoms with van der Waals surface area (Å²) in [6.07, 6.45) is 6.39. The summed E-state index contributed by atoms with van der Waals surface area (Å²) in [5, 5.41) is 10.1. The molecular formula is C18H22N2O3. The molecule has 0 aromatic heterocycles. The monoisotopic (exact) mass is 314 g/mol. The van der Waals surface area contributed by atoms with Gasteiger partial charge in [-0.2, -0.15) is 0 Å². The number of carbonyl (C=O) groups is 2. The molecule has 2 atom stereocenters. The second-order valence-corrected chi connectivity index (χ2v) is 6.73. The fraction of sp³-hybridized carbons (Fsp3) is 0.333. The average molecular weight is 314 g/mol. The summed E-state index contributed by atoms with van der Waals surface area (Å²) in [7, 11) is 0. The minimum Gasteiger partial charge on any atom is -0.481 e. The number of aliphatic carboxylic acids is 1. The first-order valence-electron chi connectivity index (χ1n) is 7.41. The Labute approximate surface area is 135 Å². The Balaban J connectivity index is 2.75. The molecule has 0 heterocycles. The maximum Gasteiger partial charge on any atom is 0.316 e. The summed E-state index contributed by atoms with van der Waals surface area (Å²) in [5.41, 5.74) is -0.945. The maximum atomic E-state index is 13.2. The molecular weight excluding hydrogens is 292 g/mol. The molecule has 5 nitrogen and oxygen atoms in total. The molecule has 0 saturated carbocycles. The van der Waals surface area contributed by atoms with Gasteiger partial charge in [0, 0.05) is 5.56 Å². The summed E-state index contributed by atoms with van der Waals surface area (Å²) in [6.45, 7) is 5.36. The summed E-state index contributed by atoms with van der Waals surface area (Å²) in [4.78, 5) is 25.5. The van der Waals surface area contributed by atoms with Gasteiger partial charge in [-0.1, -0.05) is 75.4 Å². The van der Waals surface area contributed by atoms with Crippen LogP contribution in [0.25, 0.3) is 0 Å². The van der Waals surface area contributed by atoms with E-state index in [2.05, 4.69) is 5.43 Å². The van der Waals surface area contributed by atoms with Gasteiger partial charge in [-0.05, 0) is 5.41 Å². The van der Waals surface area contributed by atoms with E-state index in [-0.39, 0.29) is 5.78 Å². The molecule has 23 heavy (non-hydrogen) atoms. The van der Waals surface area contributed by atoms with Gasteiger partial charge in [-0.3, -0.25) is 15.4 Å². The number of Topliss-reactive ketones (excluding diaryl/α,β-unsaturated/α-hetero) is 1. The summed E-state index contributed by atoms with van der Waals surface area (Å²) in [6, 6.07) is 8.58. The zero-order chi connectivity index (χ0) is 17.3. The number of hydrazine groups is 1. The van der Waals surface area contributed by atoms with Crippen LogP contribution in [-0.2, 0) is 4.79 Å². The van der Waals surface area contributed by atoms with E-state index < -0.39 is 22.3 Å². The van der Waals surface area contributed by atoms with E-state index >= 15 is 0 Å². The Morgan fingerprint density at radius 3 is 2.13 bits per heavy atom. The van der Waals surface area contributed by atoms with E-state index in [1.807, 2.05) is 0 Å². The highest BCUT2D eigenvalue weighted by Crippen LogP contribution is 2.51. The van der Waals surface area contributed by atoms with Crippen LogP contribution >= 0.6 is 0 Å². The van der Waals surface area contributed by atoms with E-state index in [0.29, 0.717) is 5.56 Å². The van der Waals surface area contributed by atoms with Gasteiger partial charge >= 0.3 is 5.97 Å². The number of benzene rings is 1. The van der Waals surface area contributed by atoms with Crippen molar-refractivity contribution in [2.75, 3.05) is 0 Å². The molecule has 1 aromatic carbocycles. The summed E-state index contributed by atoms with van der Waals surface area (Å²) >= 11 is 0. The Morgan fingerprint density at radius 2 is 1.65 bits per heavy atom. The third-order valence-electron chi connectivity index (χ3n) is 4.57. The van der Waals surface area contributed by atoms with Crippen LogP contribution < -0.4 is 11.3 Å². The van der Waals surface area contributed by atoms with Gasteiger partial charge in [0.15, 0.2) is 5.78 Å². The van der Waals surface area contributed by atoms with Crippen LogP contribution in [-0.4, -0.2) is 22.4 Å². The SMILES string of the molecule is CC(C)(C)C1(C(=O)O)C=CC=CC1(NN)C(=O)c1ccccc1. The highest BCUT2D eigenvalue weighted by molar-refractivity contribution is 6.09. The number of rotatable bonds is 4. The molecule has 0 aliphatic heterocycles. The molecule has 1 aliphatic carbocycles. The van der Waals surface area contributed by atoms with Gasteiger partial charge in [0.2, 0.25) is 0 Å². The molecule has 0 bridgehead atoms. The average Bonchev–Trinajstić information content (AvgIpc) is 2.53. The van der Waals surface area contributed by atoms with Crippen molar-refractivity contribution in [3.8, 4) is 0 Å². The predicted octanol–water partition coefficient (Wildman–Crippen LogP) is 2.31. The zero-order valence-corrected chi connectivity index (χ0v) is 13.5. The van der Waals surface area contributed by atoms with Crippen molar-refractivity contribution in [1.82, 2.24) is 5.43 Å². The van der Waals surface area contributed by atoms with Crippen LogP contribution in [0.2, 0.25) is 0 Å². The molecule has 5 heteroatoms. The van der Waals surface area contributed by atoms with Gasteiger partial charge in [0.05, 0.1) is 0 Å². The van der Waals surface area contributed by atoms with Gasteiger partial charge in [0.1, 0.15) is 11.0 Å². The maximum absolute atomic E-state index is 13.2. The third kappa shape index (κ3) is 2.33. The quantitative estimate of drug-likeness (QED) is 0.450. The molecule has 0 spiro atoms. The lowest BCUT2D eigenvalue weighted by Crippen LogP contribution is -2.71. The number of carbonyl (C=O) groups excluding carboxylic acids is 1. The van der Waals surface area contributed by atoms with Crippen molar-refractivity contribution in [2.45, 2.75) is 26.3 Å². The van der Waals surface area contributed by atoms with Crippen LogP contribution in [0.1, 0.15) is 31.1 Å². The fourth-order valence-electron chi connectivity index (χ4n) is 3.36. The van der Waals surface area contributed by atoms with Crippen LogP contribution in [0.4, 0.5) is 0 Å². The van der Waals surface area contributed by atoms with E-state index in [4.69, 9.17) is 5.84 Å². The number of nitrogens with two attached hydrogens (primary N) is 1. The van der Waals surface area contributed by atoms with Gasteiger partial charge in [-0.25, -0.2) is 5.43 Å². The van der Waals surface area contributed by atoms with Gasteiger partial charge in [0.25, 0.3) is 0 Å². The molecule has 2 rings (SSSR count). The van der Waals surface area contributed by atoms with E-state index in [0.717, 1.165) is 0 Å². The Morgan fingerprint density at radius 1 is 1.09 bits per heavy atom. The molecule has 2 unspecified atom stereocenters. The first-order chi connectivity index (χ1) is 10.7. The predicted molar refractivity (Wildman–Crippen MR) is 88.6 cm³/mol. The lowest BCUT2D eigenvalue weighted by atomic mass is 9.53. The van der Waals surface area contributed by atoms with E-state index in [9.17, 15) is 14.7 Å². The Bertz CT molecular complexity index is 673. The topological polar surface area (TPSA) is 92.4 Å². The molecule has 4 N–H and O–H groups in total. The number of carboxylic acids is 1. The number of ketones is 1. The van der Waals surface area contributed by atoms with Gasteiger partial charge < -0.3 is 5.11 Å². The third-order valence-corrected chi connectivity index (χ3v) is 4.57. The minimum atomic E-state index is -1.58. The number of hydrogen-bond acceptors (Lipinski definition) is 4. The van der Waals surface area contributed by atoms with Crippen molar-refractivity contribution in [3.05, 3.63) is 60.2 Å². The second kappa shape index (κ2) is 5.76. The number of hydrogen-bond donors (Lipinski definition) is 3. The van der Waals surface area contributed by atoms with Crippen LogP contribution in [0, 0.1) is 10.8 Å². The molecule has 0 fully saturated rings. The first-order valence-corrected chi connectivity index (χ1v) is 7.41. The molecule has 0 amide bonds. The van der Waals surface area contributed by atoms with Crippen LogP contribution in [0.15, 0.2) is 54.6 Å². The highest BCUT2D eigenvalue weighted by Gasteiger charge is 2.64. The number of nitrogens with one attached hydrogen (secondary N) is 1. The number of allylic oxidation sites excluding steroid dienone is 2. The summed E-state index contributed by atoms with van der Waals surface area (Å²) in [5.74, 6) is 4.29. The largest absolute Gasteiger partial charge is 0.481 e. The fourth-order valence-corrected chi connectivity index (χ4v) is 3.36. The standard InChI is InChI=1S/C18H22N2O3/c1-16(2,3)17(15(22)23)11-7-8-12-18(17,20-19)14(21)13-9-5-4-6-10-13/h4-12,20H,19H2,1-3H3,(H,22,23). The lowest BCUT2D eigenvalue weighted by Gasteiger charge is -2.51. The normalized spacial score (nSPS) is 27.0. The van der Waals surface area contributed by atoms with E-state index in [1.54, 1.807) is 75.4 Å². The first kappa shape index (κ1) is 17.1. The molecule has 0 saturated heterocycles.